The van der Waals surface area contributed by atoms with Crippen molar-refractivity contribution >= 4 is 17.6 Å². The van der Waals surface area contributed by atoms with Gasteiger partial charge >= 0.3 is 5.97 Å². The van der Waals surface area contributed by atoms with Crippen molar-refractivity contribution in [3.05, 3.63) is 41.7 Å². The van der Waals surface area contributed by atoms with Crippen LogP contribution in [0.2, 0.25) is 0 Å². The van der Waals surface area contributed by atoms with Crippen LogP contribution in [0.25, 0.3) is 0 Å². The van der Waals surface area contributed by atoms with Crippen molar-refractivity contribution in [2.75, 3.05) is 32.6 Å². The quantitative estimate of drug-likeness (QED) is 0.491. The van der Waals surface area contributed by atoms with Crippen molar-refractivity contribution in [3.63, 3.8) is 0 Å². The molecule has 1 spiro atoms. The molecular formula is C22H28N2O4. The molecule has 6 heteroatoms. The number of nitrogens with zero attached hydrogens (tertiary/aromatic N) is 1. The smallest absolute Gasteiger partial charge is 0.337 e. The third-order valence-electron chi connectivity index (χ3n) is 6.97. The van der Waals surface area contributed by atoms with E-state index in [0.717, 1.165) is 43.6 Å². The molecule has 1 aromatic rings. The lowest BCUT2D eigenvalue weighted by Gasteiger charge is -2.45. The van der Waals surface area contributed by atoms with Gasteiger partial charge in [0.05, 0.1) is 31.5 Å². The molecule has 3 aliphatic heterocycles. The number of benzene rings is 1. The number of carbonyl (C=O) groups is 2. The molecule has 0 aromatic heterocycles. The minimum Gasteiger partial charge on any atom is -0.504 e. The fourth-order valence-corrected chi connectivity index (χ4v) is 5.63. The van der Waals surface area contributed by atoms with Crippen LogP contribution in [0, 0.1) is 11.8 Å². The predicted octanol–water partition coefficient (Wildman–Crippen LogP) is 2.70. The number of ether oxygens (including phenoxy) is 2. The number of amides is 1. The maximum Gasteiger partial charge on any atom is 0.337 e. The first-order valence-electron chi connectivity index (χ1n) is 10.0. The third kappa shape index (κ3) is 2.65. The Kier molecular flexibility index (Phi) is 4.91. The molecule has 6 nitrogen and oxygen atoms in total. The molecule has 1 amide bonds. The molecule has 150 valence electrons. The monoisotopic (exact) mass is 384 g/mol. The number of hydrogen-bond donors (Lipinski definition) is 1. The molecule has 2 fully saturated rings. The van der Waals surface area contributed by atoms with Crippen LogP contribution in [-0.2, 0) is 24.5 Å². The Hall–Kier alpha value is -2.34. The zero-order valence-corrected chi connectivity index (χ0v) is 16.7. The van der Waals surface area contributed by atoms with E-state index < -0.39 is 5.41 Å². The molecular weight excluding hydrogens is 356 g/mol. The van der Waals surface area contributed by atoms with Crippen LogP contribution < -0.4 is 5.32 Å². The highest BCUT2D eigenvalue weighted by Crippen LogP contribution is 2.53. The summed E-state index contributed by atoms with van der Waals surface area (Å²) in [6.07, 6.45) is 4.04. The Balaban J connectivity index is 1.74. The van der Waals surface area contributed by atoms with Gasteiger partial charge in [0, 0.05) is 18.3 Å². The Morgan fingerprint density at radius 2 is 2.14 bits per heavy atom. The number of nitrogens with one attached hydrogen (secondary N) is 1. The normalized spacial score (nSPS) is 32.0. The van der Waals surface area contributed by atoms with Crippen LogP contribution in [0.5, 0.6) is 0 Å². The SMILES string of the molecule is CC[C@H]1CN2CC[C@]3(C(=O)Nc4ccccc43)[C@@H]2CC1/C(=C\OC)C(=O)OC. The van der Waals surface area contributed by atoms with Crippen molar-refractivity contribution < 1.29 is 19.1 Å². The van der Waals surface area contributed by atoms with E-state index >= 15 is 0 Å². The molecule has 0 aliphatic carbocycles. The highest BCUT2D eigenvalue weighted by atomic mass is 16.5. The summed E-state index contributed by atoms with van der Waals surface area (Å²) in [5.74, 6) is 0.0769. The van der Waals surface area contributed by atoms with Crippen molar-refractivity contribution in [3.8, 4) is 0 Å². The number of piperidine rings is 1. The number of fused-ring (bicyclic) bond motifs is 4. The van der Waals surface area contributed by atoms with Gasteiger partial charge in [-0.05, 0) is 42.9 Å². The molecule has 1 N–H and O–H groups in total. The van der Waals surface area contributed by atoms with E-state index in [-0.39, 0.29) is 23.8 Å². The van der Waals surface area contributed by atoms with Gasteiger partial charge in [0.1, 0.15) is 0 Å². The molecule has 3 heterocycles. The van der Waals surface area contributed by atoms with Crippen LogP contribution in [0.1, 0.15) is 31.7 Å². The highest BCUT2D eigenvalue weighted by molar-refractivity contribution is 6.07. The van der Waals surface area contributed by atoms with Crippen LogP contribution in [0.3, 0.4) is 0 Å². The van der Waals surface area contributed by atoms with Gasteiger partial charge in [0.2, 0.25) is 5.91 Å². The summed E-state index contributed by atoms with van der Waals surface area (Å²) in [6, 6.07) is 8.07. The fraction of sp³-hybridized carbons (Fsp3) is 0.545. The standard InChI is InChI=1S/C22H28N2O4/c1-4-14-12-24-10-9-22(17-7-5-6-8-18(17)23-21(22)26)19(24)11-15(14)16(13-27-2)20(25)28-3/h5-8,13-15,19H,4,9-12H2,1-3H3,(H,23,26)/b16-13+/t14-,15?,19-,22+/m0/s1. The first kappa shape index (κ1) is 19.0. The second-order valence-electron chi connectivity index (χ2n) is 8.04. The van der Waals surface area contributed by atoms with Gasteiger partial charge in [0.25, 0.3) is 0 Å². The van der Waals surface area contributed by atoms with Crippen LogP contribution in [0.4, 0.5) is 5.69 Å². The maximum absolute atomic E-state index is 13.2. The molecule has 0 saturated carbocycles. The Morgan fingerprint density at radius 1 is 1.36 bits per heavy atom. The predicted molar refractivity (Wildman–Crippen MR) is 106 cm³/mol. The first-order chi connectivity index (χ1) is 13.6. The second-order valence-corrected chi connectivity index (χ2v) is 8.04. The van der Waals surface area contributed by atoms with E-state index in [2.05, 4.69) is 23.2 Å². The summed E-state index contributed by atoms with van der Waals surface area (Å²) in [4.78, 5) is 28.1. The zero-order valence-electron chi connectivity index (χ0n) is 16.7. The van der Waals surface area contributed by atoms with Crippen molar-refractivity contribution in [2.24, 2.45) is 11.8 Å². The van der Waals surface area contributed by atoms with Gasteiger partial charge in [-0.15, -0.1) is 0 Å². The second kappa shape index (κ2) is 7.24. The first-order valence-corrected chi connectivity index (χ1v) is 10.0. The van der Waals surface area contributed by atoms with E-state index in [1.807, 2.05) is 18.2 Å². The number of anilines is 1. The van der Waals surface area contributed by atoms with Gasteiger partial charge in [-0.2, -0.15) is 0 Å². The number of carbonyl (C=O) groups excluding carboxylic acids is 2. The molecule has 2 saturated heterocycles. The summed E-state index contributed by atoms with van der Waals surface area (Å²) < 4.78 is 10.3. The summed E-state index contributed by atoms with van der Waals surface area (Å²) in [7, 11) is 2.95. The number of para-hydroxylation sites is 1. The number of hydrogen-bond acceptors (Lipinski definition) is 5. The minimum atomic E-state index is -0.540. The number of esters is 1. The fourth-order valence-electron chi connectivity index (χ4n) is 5.63. The maximum atomic E-state index is 13.2. The van der Waals surface area contributed by atoms with Crippen LogP contribution in [-0.4, -0.2) is 50.1 Å². The van der Waals surface area contributed by atoms with Gasteiger partial charge < -0.3 is 14.8 Å². The van der Waals surface area contributed by atoms with E-state index in [0.29, 0.717) is 11.5 Å². The lowest BCUT2D eigenvalue weighted by atomic mass is 9.67. The van der Waals surface area contributed by atoms with E-state index in [4.69, 9.17) is 9.47 Å². The van der Waals surface area contributed by atoms with E-state index in [9.17, 15) is 9.59 Å². The van der Waals surface area contributed by atoms with E-state index in [1.165, 1.54) is 13.4 Å². The average molecular weight is 384 g/mol. The molecule has 1 aromatic carbocycles. The summed E-state index contributed by atoms with van der Waals surface area (Å²) in [6.45, 7) is 3.93. The van der Waals surface area contributed by atoms with Gasteiger partial charge in [-0.3, -0.25) is 9.69 Å². The summed E-state index contributed by atoms with van der Waals surface area (Å²) in [5.41, 5.74) is 2.05. The Labute approximate surface area is 165 Å². The van der Waals surface area contributed by atoms with Crippen molar-refractivity contribution in [1.82, 2.24) is 4.90 Å². The molecule has 4 atom stereocenters. The topological polar surface area (TPSA) is 67.9 Å². The largest absolute Gasteiger partial charge is 0.504 e. The molecule has 3 aliphatic rings. The average Bonchev–Trinajstić information content (AvgIpc) is 3.23. The van der Waals surface area contributed by atoms with Crippen molar-refractivity contribution in [2.45, 2.75) is 37.6 Å². The highest BCUT2D eigenvalue weighted by Gasteiger charge is 2.60. The van der Waals surface area contributed by atoms with Gasteiger partial charge in [-0.25, -0.2) is 4.79 Å². The molecule has 0 radical (unpaired) electrons. The Bertz CT molecular complexity index is 821. The van der Waals surface area contributed by atoms with Crippen LogP contribution >= 0.6 is 0 Å². The van der Waals surface area contributed by atoms with Gasteiger partial charge in [0.15, 0.2) is 0 Å². The summed E-state index contributed by atoms with van der Waals surface area (Å²) in [5, 5.41) is 3.10. The lowest BCUT2D eigenvalue weighted by Crippen LogP contribution is -2.53. The number of methoxy groups -OCH3 is 2. The van der Waals surface area contributed by atoms with Crippen LogP contribution in [0.15, 0.2) is 36.1 Å². The third-order valence-corrected chi connectivity index (χ3v) is 6.97. The Morgan fingerprint density at radius 3 is 2.86 bits per heavy atom. The van der Waals surface area contributed by atoms with Gasteiger partial charge in [-0.1, -0.05) is 31.5 Å². The lowest BCUT2D eigenvalue weighted by molar-refractivity contribution is -0.137. The molecule has 1 unspecified atom stereocenters. The minimum absolute atomic E-state index is 0.00851. The zero-order chi connectivity index (χ0) is 19.9. The molecule has 28 heavy (non-hydrogen) atoms. The van der Waals surface area contributed by atoms with Crippen molar-refractivity contribution in [1.29, 1.82) is 0 Å². The molecule has 0 bridgehead atoms. The number of rotatable bonds is 4. The summed E-state index contributed by atoms with van der Waals surface area (Å²) >= 11 is 0. The van der Waals surface area contributed by atoms with E-state index in [1.54, 1.807) is 7.11 Å². The molecule has 4 rings (SSSR count).